The summed E-state index contributed by atoms with van der Waals surface area (Å²) < 4.78 is 0. The van der Waals surface area contributed by atoms with Gasteiger partial charge < -0.3 is 10.3 Å². The van der Waals surface area contributed by atoms with Gasteiger partial charge in [0.25, 0.3) is 0 Å². The van der Waals surface area contributed by atoms with E-state index in [0.717, 1.165) is 0 Å². The number of carbonyl (C=O) groups is 1. The lowest BCUT2D eigenvalue weighted by Gasteiger charge is -1.95. The molecule has 0 radical (unpaired) electrons. The number of rotatable bonds is 2. The van der Waals surface area contributed by atoms with Gasteiger partial charge in [0.2, 0.25) is 0 Å². The highest BCUT2D eigenvalue weighted by Crippen LogP contribution is 2.09. The van der Waals surface area contributed by atoms with E-state index in [4.69, 9.17) is 10.3 Å². The zero-order chi connectivity index (χ0) is 8.97. The van der Waals surface area contributed by atoms with Crippen LogP contribution in [0.4, 0.5) is 0 Å². The minimum Gasteiger partial charge on any atom is -0.508 e. The van der Waals surface area contributed by atoms with Gasteiger partial charge >= 0.3 is 0 Å². The van der Waals surface area contributed by atoms with Crippen LogP contribution in [-0.4, -0.2) is 22.3 Å². The Balaban J connectivity index is 3.04. The number of aromatic hydroxyl groups is 1. The molecule has 0 amide bonds. The number of phenolic OH excluding ortho intramolecular Hbond substituents is 1. The molecule has 0 heterocycles. The molecule has 0 aliphatic carbocycles. The molecule has 4 heteroatoms. The molecule has 62 valence electrons. The van der Waals surface area contributed by atoms with E-state index in [0.29, 0.717) is 11.8 Å². The molecule has 0 aliphatic rings. The number of oxime groups is 1. The Morgan fingerprint density at radius 2 is 1.92 bits per heavy atom. The third-order valence-electron chi connectivity index (χ3n) is 1.38. The Morgan fingerprint density at radius 1 is 1.33 bits per heavy atom. The molecule has 0 saturated carbocycles. The van der Waals surface area contributed by atoms with Gasteiger partial charge in [0.15, 0.2) is 6.29 Å². The molecule has 1 aromatic carbocycles. The molecule has 0 unspecified atom stereocenters. The highest BCUT2D eigenvalue weighted by atomic mass is 16.4. The maximum absolute atomic E-state index is 10.3. The second kappa shape index (κ2) is 3.52. The van der Waals surface area contributed by atoms with Gasteiger partial charge in [0.1, 0.15) is 11.5 Å². The lowest BCUT2D eigenvalue weighted by molar-refractivity contribution is -0.102. The Hall–Kier alpha value is -1.84. The molecule has 0 saturated heterocycles. The molecule has 1 rings (SSSR count). The molecule has 2 N–H and O–H groups in total. The van der Waals surface area contributed by atoms with Gasteiger partial charge in [-0.25, -0.2) is 0 Å². The molecule has 0 fully saturated rings. The first-order chi connectivity index (χ1) is 5.77. The summed E-state index contributed by atoms with van der Waals surface area (Å²) in [6, 6.07) is 5.78. The van der Waals surface area contributed by atoms with Gasteiger partial charge in [-0.3, -0.25) is 4.79 Å². The Labute approximate surface area is 68.8 Å². The lowest BCUT2D eigenvalue weighted by atomic mass is 10.1. The van der Waals surface area contributed by atoms with Crippen molar-refractivity contribution in [2.24, 2.45) is 5.16 Å². The second-order valence-corrected chi connectivity index (χ2v) is 2.15. The first-order valence-corrected chi connectivity index (χ1v) is 3.24. The largest absolute Gasteiger partial charge is 0.508 e. The Bertz CT molecular complexity index is 303. The molecule has 0 bridgehead atoms. The van der Waals surface area contributed by atoms with Crippen molar-refractivity contribution in [3.8, 4) is 5.75 Å². The number of nitrogens with zero attached hydrogens (tertiary/aromatic N) is 1. The summed E-state index contributed by atoms with van der Waals surface area (Å²) in [5.74, 6) is 0.0990. The fourth-order valence-corrected chi connectivity index (χ4v) is 0.782. The van der Waals surface area contributed by atoms with E-state index in [1.165, 1.54) is 24.3 Å². The number of benzene rings is 1. The average Bonchev–Trinajstić information content (AvgIpc) is 2.10. The zero-order valence-electron chi connectivity index (χ0n) is 6.14. The normalized spacial score (nSPS) is 11.2. The number of carbonyl (C=O) groups excluding carboxylic acids is 1. The van der Waals surface area contributed by atoms with Gasteiger partial charge in [-0.15, -0.1) is 0 Å². The van der Waals surface area contributed by atoms with Crippen molar-refractivity contribution in [3.63, 3.8) is 0 Å². The predicted octanol–water partition coefficient (Wildman–Crippen LogP) is 0.769. The summed E-state index contributed by atoms with van der Waals surface area (Å²) in [7, 11) is 0. The van der Waals surface area contributed by atoms with Crippen LogP contribution in [0.2, 0.25) is 0 Å². The highest BCUT2D eigenvalue weighted by Gasteiger charge is 2.01. The van der Waals surface area contributed by atoms with Crippen LogP contribution in [-0.2, 0) is 4.79 Å². The summed E-state index contributed by atoms with van der Waals surface area (Å²) in [6.45, 7) is 0. The molecule has 0 spiro atoms. The number of aldehydes is 1. The third-order valence-corrected chi connectivity index (χ3v) is 1.38. The minimum absolute atomic E-state index is 0.0602. The van der Waals surface area contributed by atoms with Crippen molar-refractivity contribution in [1.82, 2.24) is 0 Å². The predicted molar refractivity (Wildman–Crippen MR) is 42.5 cm³/mol. The van der Waals surface area contributed by atoms with Crippen LogP contribution in [0.5, 0.6) is 5.75 Å². The van der Waals surface area contributed by atoms with Crippen molar-refractivity contribution in [1.29, 1.82) is 0 Å². The third kappa shape index (κ3) is 1.60. The molecule has 0 aromatic heterocycles. The SMILES string of the molecule is O=C/C(=N\O)c1ccc(O)cc1. The van der Waals surface area contributed by atoms with Gasteiger partial charge in [-0.2, -0.15) is 0 Å². The monoisotopic (exact) mass is 165 g/mol. The first kappa shape index (κ1) is 8.26. The van der Waals surface area contributed by atoms with Crippen molar-refractivity contribution in [2.45, 2.75) is 0 Å². The van der Waals surface area contributed by atoms with Crippen LogP contribution < -0.4 is 0 Å². The summed E-state index contributed by atoms with van der Waals surface area (Å²) in [5.41, 5.74) is 0.403. The van der Waals surface area contributed by atoms with E-state index < -0.39 is 0 Å². The minimum atomic E-state index is -0.0602. The van der Waals surface area contributed by atoms with Crippen LogP contribution >= 0.6 is 0 Å². The van der Waals surface area contributed by atoms with Crippen molar-refractivity contribution in [2.75, 3.05) is 0 Å². The van der Waals surface area contributed by atoms with Crippen LogP contribution in [0.25, 0.3) is 0 Å². The highest BCUT2D eigenvalue weighted by molar-refractivity contribution is 6.36. The Morgan fingerprint density at radius 3 is 2.33 bits per heavy atom. The van der Waals surface area contributed by atoms with E-state index in [9.17, 15) is 4.79 Å². The van der Waals surface area contributed by atoms with Gasteiger partial charge in [0.05, 0.1) is 0 Å². The topological polar surface area (TPSA) is 69.9 Å². The summed E-state index contributed by atoms with van der Waals surface area (Å²) in [6.07, 6.45) is 0.437. The van der Waals surface area contributed by atoms with Crippen LogP contribution in [0.15, 0.2) is 29.4 Å². The Kier molecular flexibility index (Phi) is 2.42. The van der Waals surface area contributed by atoms with E-state index in [1.54, 1.807) is 0 Å². The second-order valence-electron chi connectivity index (χ2n) is 2.15. The number of hydrogen-bond donors (Lipinski definition) is 2. The van der Waals surface area contributed by atoms with Crippen LogP contribution in [0.1, 0.15) is 5.56 Å². The van der Waals surface area contributed by atoms with E-state index in [-0.39, 0.29) is 11.5 Å². The lowest BCUT2D eigenvalue weighted by Crippen LogP contribution is -2.01. The van der Waals surface area contributed by atoms with E-state index in [1.807, 2.05) is 0 Å². The maximum Gasteiger partial charge on any atom is 0.172 e. The molecule has 12 heavy (non-hydrogen) atoms. The average molecular weight is 165 g/mol. The fraction of sp³-hybridized carbons (Fsp3) is 0. The van der Waals surface area contributed by atoms with Gasteiger partial charge in [-0.1, -0.05) is 5.16 Å². The van der Waals surface area contributed by atoms with Crippen molar-refractivity contribution >= 4 is 12.0 Å². The molecule has 1 aromatic rings. The fourth-order valence-electron chi connectivity index (χ4n) is 0.782. The van der Waals surface area contributed by atoms with Gasteiger partial charge in [-0.05, 0) is 24.3 Å². The van der Waals surface area contributed by atoms with Crippen molar-refractivity contribution < 1.29 is 15.1 Å². The molecule has 0 aliphatic heterocycles. The quantitative estimate of drug-likeness (QED) is 0.294. The molecular formula is C8H7NO3. The summed E-state index contributed by atoms with van der Waals surface area (Å²) in [5, 5.41) is 20.0. The number of phenols is 1. The smallest absolute Gasteiger partial charge is 0.172 e. The van der Waals surface area contributed by atoms with Crippen LogP contribution in [0, 0.1) is 0 Å². The first-order valence-electron chi connectivity index (χ1n) is 3.24. The summed E-state index contributed by atoms with van der Waals surface area (Å²) in [4.78, 5) is 10.3. The summed E-state index contributed by atoms with van der Waals surface area (Å²) >= 11 is 0. The van der Waals surface area contributed by atoms with Gasteiger partial charge in [0, 0.05) is 5.56 Å². The molecule has 4 nitrogen and oxygen atoms in total. The standard InChI is InChI=1S/C8H7NO3/c10-5-8(9-12)6-1-3-7(11)4-2-6/h1-5,11-12H/b9-8+. The maximum atomic E-state index is 10.3. The number of hydrogen-bond acceptors (Lipinski definition) is 4. The van der Waals surface area contributed by atoms with E-state index in [2.05, 4.69) is 5.16 Å². The van der Waals surface area contributed by atoms with Crippen LogP contribution in [0.3, 0.4) is 0 Å². The molecule has 0 atom stereocenters. The van der Waals surface area contributed by atoms with Crippen molar-refractivity contribution in [3.05, 3.63) is 29.8 Å². The zero-order valence-corrected chi connectivity index (χ0v) is 6.14. The molecular weight excluding hydrogens is 158 g/mol. The van der Waals surface area contributed by atoms with E-state index >= 15 is 0 Å².